The van der Waals surface area contributed by atoms with E-state index in [1.807, 2.05) is 12.1 Å². The predicted octanol–water partition coefficient (Wildman–Crippen LogP) is 3.15. The molecule has 3 N–H and O–H groups in total. The van der Waals surface area contributed by atoms with Gasteiger partial charge in [-0.05, 0) is 49.9 Å². The van der Waals surface area contributed by atoms with Gasteiger partial charge in [-0.1, -0.05) is 26.0 Å². The summed E-state index contributed by atoms with van der Waals surface area (Å²) >= 11 is 0. The Kier molecular flexibility index (Phi) is 5.33. The largest absolute Gasteiger partial charge is 0.399 e. The van der Waals surface area contributed by atoms with Gasteiger partial charge < -0.3 is 11.1 Å². The average Bonchev–Trinajstić information content (AvgIpc) is 2.29. The molecule has 0 bridgehead atoms. The van der Waals surface area contributed by atoms with Crippen molar-refractivity contribution in [3.63, 3.8) is 0 Å². The maximum absolute atomic E-state index is 5.67. The highest BCUT2D eigenvalue weighted by Crippen LogP contribution is 2.19. The Morgan fingerprint density at radius 1 is 1.19 bits per heavy atom. The summed E-state index contributed by atoms with van der Waals surface area (Å²) < 4.78 is 0. The molecule has 90 valence electrons. The lowest BCUT2D eigenvalue weighted by Crippen LogP contribution is -2.26. The Morgan fingerprint density at radius 3 is 2.38 bits per heavy atom. The second-order valence-corrected chi connectivity index (χ2v) is 4.62. The molecule has 0 heterocycles. The number of nitrogens with one attached hydrogen (secondary N) is 1. The van der Waals surface area contributed by atoms with Crippen LogP contribution in [-0.4, -0.2) is 12.6 Å². The number of nitrogen functional groups attached to an aromatic ring is 1. The van der Waals surface area contributed by atoms with E-state index in [9.17, 15) is 0 Å². The Bertz CT molecular complexity index is 292. The van der Waals surface area contributed by atoms with E-state index < -0.39 is 0 Å². The van der Waals surface area contributed by atoms with Crippen molar-refractivity contribution in [1.82, 2.24) is 5.32 Å². The Balaban J connectivity index is 2.35. The third-order valence-corrected chi connectivity index (χ3v) is 3.19. The molecule has 0 saturated carbocycles. The van der Waals surface area contributed by atoms with Crippen LogP contribution in [-0.2, 0) is 0 Å². The number of rotatable bonds is 6. The predicted molar refractivity (Wildman–Crippen MR) is 71.6 cm³/mol. The van der Waals surface area contributed by atoms with Crippen LogP contribution in [0.5, 0.6) is 0 Å². The van der Waals surface area contributed by atoms with E-state index >= 15 is 0 Å². The molecule has 1 rings (SSSR count). The van der Waals surface area contributed by atoms with Gasteiger partial charge in [-0.3, -0.25) is 0 Å². The highest BCUT2D eigenvalue weighted by Gasteiger charge is 2.05. The highest BCUT2D eigenvalue weighted by atomic mass is 14.9. The molecule has 2 atom stereocenters. The molecule has 1 aromatic rings. The molecule has 2 nitrogen and oxygen atoms in total. The summed E-state index contributed by atoms with van der Waals surface area (Å²) in [6.45, 7) is 7.79. The summed E-state index contributed by atoms with van der Waals surface area (Å²) in [5, 5.41) is 3.52. The van der Waals surface area contributed by atoms with Gasteiger partial charge >= 0.3 is 0 Å². The van der Waals surface area contributed by atoms with E-state index in [0.717, 1.165) is 12.2 Å². The van der Waals surface area contributed by atoms with Crippen molar-refractivity contribution in [2.45, 2.75) is 45.6 Å². The minimum atomic E-state index is 0.595. The molecule has 0 aromatic heterocycles. The number of benzene rings is 1. The molecule has 2 unspecified atom stereocenters. The quantitative estimate of drug-likeness (QED) is 0.723. The molecule has 0 spiro atoms. The first-order valence-electron chi connectivity index (χ1n) is 6.22. The molecular weight excluding hydrogens is 196 g/mol. The molecule has 2 heteroatoms. The molecule has 0 aliphatic rings. The summed E-state index contributed by atoms with van der Waals surface area (Å²) in [5.41, 5.74) is 7.89. The van der Waals surface area contributed by atoms with Crippen molar-refractivity contribution in [2.75, 3.05) is 12.3 Å². The Morgan fingerprint density at radius 2 is 1.81 bits per heavy atom. The van der Waals surface area contributed by atoms with Crippen molar-refractivity contribution in [2.24, 2.45) is 0 Å². The third kappa shape index (κ3) is 4.23. The second-order valence-electron chi connectivity index (χ2n) is 4.62. The Labute approximate surface area is 99.2 Å². The van der Waals surface area contributed by atoms with Crippen molar-refractivity contribution in [3.8, 4) is 0 Å². The fraction of sp³-hybridized carbons (Fsp3) is 0.571. The minimum absolute atomic E-state index is 0.595. The van der Waals surface area contributed by atoms with Gasteiger partial charge in [-0.15, -0.1) is 0 Å². The Hall–Kier alpha value is -1.02. The lowest BCUT2D eigenvalue weighted by molar-refractivity contribution is 0.505. The first-order chi connectivity index (χ1) is 7.63. The monoisotopic (exact) mass is 220 g/mol. The normalized spacial score (nSPS) is 14.7. The number of nitrogens with two attached hydrogens (primary N) is 1. The summed E-state index contributed by atoms with van der Waals surface area (Å²) in [4.78, 5) is 0. The van der Waals surface area contributed by atoms with Gasteiger partial charge in [0.25, 0.3) is 0 Å². The summed E-state index contributed by atoms with van der Waals surface area (Å²) in [5.74, 6) is 0.595. The first-order valence-corrected chi connectivity index (χ1v) is 6.22. The summed E-state index contributed by atoms with van der Waals surface area (Å²) in [6.07, 6.45) is 2.37. The SMILES string of the molecule is CCC(C)NCCC(C)c1ccc(N)cc1. The van der Waals surface area contributed by atoms with Crippen LogP contribution in [0.25, 0.3) is 0 Å². The van der Waals surface area contributed by atoms with E-state index in [4.69, 9.17) is 5.73 Å². The van der Waals surface area contributed by atoms with Gasteiger partial charge in [0.1, 0.15) is 0 Å². The zero-order chi connectivity index (χ0) is 12.0. The van der Waals surface area contributed by atoms with Crippen LogP contribution >= 0.6 is 0 Å². The summed E-state index contributed by atoms with van der Waals surface area (Å²) in [6, 6.07) is 8.84. The van der Waals surface area contributed by atoms with Gasteiger partial charge in [0.2, 0.25) is 0 Å². The van der Waals surface area contributed by atoms with Crippen LogP contribution in [0.2, 0.25) is 0 Å². The fourth-order valence-corrected chi connectivity index (χ4v) is 1.68. The van der Waals surface area contributed by atoms with Gasteiger partial charge in [0.05, 0.1) is 0 Å². The molecule has 0 fully saturated rings. The first kappa shape index (κ1) is 13.0. The van der Waals surface area contributed by atoms with Crippen LogP contribution in [0.3, 0.4) is 0 Å². The molecule has 0 aliphatic heterocycles. The lowest BCUT2D eigenvalue weighted by atomic mass is 9.97. The highest BCUT2D eigenvalue weighted by molar-refractivity contribution is 5.40. The zero-order valence-electron chi connectivity index (χ0n) is 10.7. The number of anilines is 1. The van der Waals surface area contributed by atoms with Crippen LogP contribution in [0.1, 0.15) is 45.1 Å². The third-order valence-electron chi connectivity index (χ3n) is 3.19. The number of hydrogen-bond donors (Lipinski definition) is 2. The molecule has 1 aromatic carbocycles. The van der Waals surface area contributed by atoms with E-state index in [0.29, 0.717) is 12.0 Å². The molecule has 0 saturated heterocycles. The van der Waals surface area contributed by atoms with Crippen molar-refractivity contribution < 1.29 is 0 Å². The van der Waals surface area contributed by atoms with E-state index in [2.05, 4.69) is 38.2 Å². The van der Waals surface area contributed by atoms with Gasteiger partial charge in [0.15, 0.2) is 0 Å². The van der Waals surface area contributed by atoms with Gasteiger partial charge in [-0.25, -0.2) is 0 Å². The van der Waals surface area contributed by atoms with Crippen LogP contribution in [0.4, 0.5) is 5.69 Å². The molecular formula is C14H24N2. The molecule has 0 aliphatic carbocycles. The van der Waals surface area contributed by atoms with E-state index in [1.54, 1.807) is 0 Å². The average molecular weight is 220 g/mol. The minimum Gasteiger partial charge on any atom is -0.399 e. The maximum Gasteiger partial charge on any atom is 0.0314 e. The topological polar surface area (TPSA) is 38.0 Å². The van der Waals surface area contributed by atoms with Crippen molar-refractivity contribution in [1.29, 1.82) is 0 Å². The standard InChI is InChI=1S/C14H24N2/c1-4-12(3)16-10-9-11(2)13-5-7-14(15)8-6-13/h5-8,11-12,16H,4,9-10,15H2,1-3H3. The van der Waals surface area contributed by atoms with E-state index in [1.165, 1.54) is 18.4 Å². The van der Waals surface area contributed by atoms with Crippen LogP contribution < -0.4 is 11.1 Å². The van der Waals surface area contributed by atoms with E-state index in [-0.39, 0.29) is 0 Å². The van der Waals surface area contributed by atoms with Crippen LogP contribution in [0.15, 0.2) is 24.3 Å². The number of hydrogen-bond acceptors (Lipinski definition) is 2. The fourth-order valence-electron chi connectivity index (χ4n) is 1.68. The molecule has 0 radical (unpaired) electrons. The lowest BCUT2D eigenvalue weighted by Gasteiger charge is -2.15. The van der Waals surface area contributed by atoms with Gasteiger partial charge in [0, 0.05) is 11.7 Å². The maximum atomic E-state index is 5.67. The molecule has 16 heavy (non-hydrogen) atoms. The van der Waals surface area contributed by atoms with Gasteiger partial charge in [-0.2, -0.15) is 0 Å². The smallest absolute Gasteiger partial charge is 0.0314 e. The zero-order valence-corrected chi connectivity index (χ0v) is 10.7. The van der Waals surface area contributed by atoms with Crippen LogP contribution in [0, 0.1) is 0 Å². The van der Waals surface area contributed by atoms with Crippen molar-refractivity contribution >= 4 is 5.69 Å². The molecule has 0 amide bonds. The van der Waals surface area contributed by atoms with Crippen molar-refractivity contribution in [3.05, 3.63) is 29.8 Å². The summed E-state index contributed by atoms with van der Waals surface area (Å²) in [7, 11) is 0. The second kappa shape index (κ2) is 6.54.